The van der Waals surface area contributed by atoms with Crippen molar-refractivity contribution in [1.82, 2.24) is 9.47 Å². The van der Waals surface area contributed by atoms with Crippen molar-refractivity contribution in [3.63, 3.8) is 0 Å². The third-order valence-electron chi connectivity index (χ3n) is 5.17. The number of carbonyl (C=O) groups is 2. The van der Waals surface area contributed by atoms with Crippen LogP contribution in [-0.4, -0.2) is 33.9 Å². The molecule has 2 atom stereocenters. The van der Waals surface area contributed by atoms with E-state index in [9.17, 15) is 9.59 Å². The number of carbonyl (C=O) groups excluding carboxylic acids is 2. The summed E-state index contributed by atoms with van der Waals surface area (Å²) in [4.78, 5) is 26.3. The van der Waals surface area contributed by atoms with E-state index in [-0.39, 0.29) is 23.8 Å². The van der Waals surface area contributed by atoms with Crippen LogP contribution in [0.1, 0.15) is 60.4 Å². The highest BCUT2D eigenvalue weighted by molar-refractivity contribution is 5.96. The van der Waals surface area contributed by atoms with E-state index >= 15 is 0 Å². The van der Waals surface area contributed by atoms with Gasteiger partial charge >= 0.3 is 0 Å². The molecule has 5 heteroatoms. The Morgan fingerprint density at radius 1 is 1.18 bits per heavy atom. The first kappa shape index (κ1) is 15.1. The van der Waals surface area contributed by atoms with Gasteiger partial charge in [-0.2, -0.15) is 0 Å². The third-order valence-corrected chi connectivity index (χ3v) is 5.17. The van der Waals surface area contributed by atoms with E-state index in [1.807, 2.05) is 17.9 Å². The van der Waals surface area contributed by atoms with Crippen molar-refractivity contribution < 1.29 is 9.59 Å². The summed E-state index contributed by atoms with van der Waals surface area (Å²) in [5.74, 6) is -0.473. The van der Waals surface area contributed by atoms with Crippen molar-refractivity contribution >= 4 is 11.8 Å². The molecule has 1 saturated carbocycles. The Balaban J connectivity index is 1.86. The molecular weight excluding hydrogens is 278 g/mol. The lowest BCUT2D eigenvalue weighted by Crippen LogP contribution is -2.48. The van der Waals surface area contributed by atoms with Gasteiger partial charge in [0.2, 0.25) is 5.91 Å². The molecule has 0 radical (unpaired) electrons. The molecule has 0 bridgehead atoms. The molecule has 120 valence electrons. The van der Waals surface area contributed by atoms with Gasteiger partial charge in [-0.1, -0.05) is 0 Å². The minimum Gasteiger partial charge on any atom is -0.369 e. The fourth-order valence-corrected chi connectivity index (χ4v) is 3.67. The lowest BCUT2D eigenvalue weighted by Gasteiger charge is -2.37. The maximum absolute atomic E-state index is 13.0. The van der Waals surface area contributed by atoms with Gasteiger partial charge in [0.15, 0.2) is 0 Å². The van der Waals surface area contributed by atoms with E-state index in [0.717, 1.165) is 29.8 Å². The normalized spacial score (nSPS) is 25.3. The number of aryl methyl sites for hydroxylation is 1. The predicted molar refractivity (Wildman–Crippen MR) is 84.6 cm³/mol. The van der Waals surface area contributed by atoms with Crippen molar-refractivity contribution in [2.75, 3.05) is 6.54 Å². The second-order valence-electron chi connectivity index (χ2n) is 6.87. The summed E-state index contributed by atoms with van der Waals surface area (Å²) in [6.45, 7) is 6.59. The first-order valence-corrected chi connectivity index (χ1v) is 8.18. The smallest absolute Gasteiger partial charge is 0.255 e. The Bertz CT molecular complexity index is 616. The van der Waals surface area contributed by atoms with Crippen LogP contribution in [0.3, 0.4) is 0 Å². The molecular formula is C17H25N3O2. The SMILES string of the molecule is Cc1cc(C(=O)N2C[C@H](C(N)=O)CC[C@@H]2C)c(C)n1C1CC1. The molecule has 2 aliphatic rings. The summed E-state index contributed by atoms with van der Waals surface area (Å²) in [5, 5.41) is 0. The number of piperidine rings is 1. The number of hydrogen-bond acceptors (Lipinski definition) is 2. The molecule has 1 saturated heterocycles. The summed E-state index contributed by atoms with van der Waals surface area (Å²) in [6.07, 6.45) is 4.02. The van der Waals surface area contributed by atoms with Gasteiger partial charge in [-0.05, 0) is 52.5 Å². The number of nitrogens with zero attached hydrogens (tertiary/aromatic N) is 2. The highest BCUT2D eigenvalue weighted by atomic mass is 16.2. The van der Waals surface area contributed by atoms with E-state index in [1.54, 1.807) is 0 Å². The number of rotatable bonds is 3. The second-order valence-corrected chi connectivity index (χ2v) is 6.87. The quantitative estimate of drug-likeness (QED) is 0.929. The Morgan fingerprint density at radius 2 is 1.86 bits per heavy atom. The van der Waals surface area contributed by atoms with Crippen molar-refractivity contribution in [3.05, 3.63) is 23.0 Å². The van der Waals surface area contributed by atoms with Crippen LogP contribution in [0.2, 0.25) is 0 Å². The lowest BCUT2D eigenvalue weighted by molar-refractivity contribution is -0.123. The zero-order chi connectivity index (χ0) is 16.0. The van der Waals surface area contributed by atoms with Gasteiger partial charge in [0.1, 0.15) is 0 Å². The van der Waals surface area contributed by atoms with Crippen molar-refractivity contribution in [2.45, 2.75) is 58.5 Å². The van der Waals surface area contributed by atoms with Crippen LogP contribution in [0.15, 0.2) is 6.07 Å². The minimum absolute atomic E-state index is 0.0402. The molecule has 1 aliphatic heterocycles. The molecule has 2 amide bonds. The number of amides is 2. The maximum atomic E-state index is 13.0. The average molecular weight is 303 g/mol. The first-order chi connectivity index (χ1) is 10.4. The molecule has 1 aromatic rings. The van der Waals surface area contributed by atoms with Gasteiger partial charge in [-0.25, -0.2) is 0 Å². The third kappa shape index (κ3) is 2.53. The van der Waals surface area contributed by atoms with Gasteiger partial charge in [-0.3, -0.25) is 9.59 Å². The Labute approximate surface area is 131 Å². The highest BCUT2D eigenvalue weighted by Gasteiger charge is 2.34. The molecule has 3 rings (SSSR count). The van der Waals surface area contributed by atoms with Crippen LogP contribution in [0.25, 0.3) is 0 Å². The summed E-state index contributed by atoms with van der Waals surface area (Å²) >= 11 is 0. The minimum atomic E-state index is -0.298. The van der Waals surface area contributed by atoms with E-state index in [2.05, 4.69) is 18.4 Å². The topological polar surface area (TPSA) is 68.3 Å². The fourth-order valence-electron chi connectivity index (χ4n) is 3.67. The molecule has 5 nitrogen and oxygen atoms in total. The molecule has 22 heavy (non-hydrogen) atoms. The molecule has 2 N–H and O–H groups in total. The summed E-state index contributed by atoms with van der Waals surface area (Å²) < 4.78 is 2.29. The monoisotopic (exact) mass is 303 g/mol. The van der Waals surface area contributed by atoms with Crippen molar-refractivity contribution in [2.24, 2.45) is 11.7 Å². The zero-order valence-electron chi connectivity index (χ0n) is 13.6. The second kappa shape index (κ2) is 5.45. The Hall–Kier alpha value is -1.78. The molecule has 0 aromatic carbocycles. The highest BCUT2D eigenvalue weighted by Crippen LogP contribution is 2.38. The van der Waals surface area contributed by atoms with Gasteiger partial charge < -0.3 is 15.2 Å². The largest absolute Gasteiger partial charge is 0.369 e. The number of nitrogens with two attached hydrogens (primary N) is 1. The fraction of sp³-hybridized carbons (Fsp3) is 0.647. The molecule has 2 heterocycles. The van der Waals surface area contributed by atoms with E-state index in [0.29, 0.717) is 12.6 Å². The number of primary amides is 1. The number of hydrogen-bond donors (Lipinski definition) is 1. The first-order valence-electron chi connectivity index (χ1n) is 8.18. The van der Waals surface area contributed by atoms with Crippen LogP contribution in [0.4, 0.5) is 0 Å². The van der Waals surface area contributed by atoms with Crippen LogP contribution in [-0.2, 0) is 4.79 Å². The van der Waals surface area contributed by atoms with E-state index in [1.165, 1.54) is 12.8 Å². The van der Waals surface area contributed by atoms with Crippen LogP contribution < -0.4 is 5.73 Å². The zero-order valence-corrected chi connectivity index (χ0v) is 13.6. The van der Waals surface area contributed by atoms with Crippen LogP contribution in [0.5, 0.6) is 0 Å². The molecule has 0 unspecified atom stereocenters. The summed E-state index contributed by atoms with van der Waals surface area (Å²) in [6, 6.07) is 2.72. The van der Waals surface area contributed by atoms with Gasteiger partial charge in [-0.15, -0.1) is 0 Å². The molecule has 0 spiro atoms. The maximum Gasteiger partial charge on any atom is 0.255 e. The van der Waals surface area contributed by atoms with Gasteiger partial charge in [0.05, 0.1) is 11.5 Å². The predicted octanol–water partition coefficient (Wildman–Crippen LogP) is 2.17. The van der Waals surface area contributed by atoms with Crippen LogP contribution >= 0.6 is 0 Å². The number of aromatic nitrogens is 1. The average Bonchev–Trinajstić information content (AvgIpc) is 3.24. The van der Waals surface area contributed by atoms with Crippen molar-refractivity contribution in [1.29, 1.82) is 0 Å². The molecule has 1 aliphatic carbocycles. The van der Waals surface area contributed by atoms with Crippen LogP contribution in [0, 0.1) is 19.8 Å². The Kier molecular flexibility index (Phi) is 3.75. The van der Waals surface area contributed by atoms with E-state index in [4.69, 9.17) is 5.73 Å². The lowest BCUT2D eigenvalue weighted by atomic mass is 9.92. The summed E-state index contributed by atoms with van der Waals surface area (Å²) in [7, 11) is 0. The van der Waals surface area contributed by atoms with Gasteiger partial charge in [0, 0.05) is 30.0 Å². The van der Waals surface area contributed by atoms with Gasteiger partial charge in [0.25, 0.3) is 5.91 Å². The molecule has 2 fully saturated rings. The number of likely N-dealkylation sites (tertiary alicyclic amines) is 1. The summed E-state index contributed by atoms with van der Waals surface area (Å²) in [5.41, 5.74) is 8.42. The standard InChI is InChI=1S/C17H25N3O2/c1-10-4-5-13(16(18)21)9-19(10)17(22)15-8-11(2)20(12(15)3)14-6-7-14/h8,10,13-14H,4-7,9H2,1-3H3,(H2,18,21)/t10-,13+/m0/s1. The Morgan fingerprint density at radius 3 is 2.45 bits per heavy atom. The van der Waals surface area contributed by atoms with E-state index < -0.39 is 0 Å². The molecule has 1 aromatic heterocycles. The van der Waals surface area contributed by atoms with Crippen molar-refractivity contribution in [3.8, 4) is 0 Å².